The smallest absolute Gasteiger partial charge is 0.233 e. The molecule has 0 saturated carbocycles. The van der Waals surface area contributed by atoms with Crippen molar-refractivity contribution in [3.8, 4) is 0 Å². The third-order valence-corrected chi connectivity index (χ3v) is 4.52. The van der Waals surface area contributed by atoms with E-state index in [2.05, 4.69) is 15.5 Å². The van der Waals surface area contributed by atoms with E-state index in [1.54, 1.807) is 17.6 Å². The van der Waals surface area contributed by atoms with Crippen LogP contribution in [-0.2, 0) is 11.2 Å². The Kier molecular flexibility index (Phi) is 5.49. The lowest BCUT2D eigenvalue weighted by atomic mass is 10.1. The molecule has 0 unspecified atom stereocenters. The molecule has 1 aromatic heterocycles. The highest BCUT2D eigenvalue weighted by molar-refractivity contribution is 8.02. The summed E-state index contributed by atoms with van der Waals surface area (Å²) in [5.41, 5.74) is 2.64. The first kappa shape index (κ1) is 14.9. The number of aromatic nitrogens is 2. The van der Waals surface area contributed by atoms with Gasteiger partial charge in [-0.2, -0.15) is 0 Å². The number of rotatable bonds is 6. The number of benzene rings is 1. The zero-order valence-electron chi connectivity index (χ0n) is 10.9. The molecule has 2 aromatic rings. The first-order chi connectivity index (χ1) is 9.65. The Labute approximate surface area is 124 Å². The Morgan fingerprint density at radius 2 is 2.20 bits per heavy atom. The molecular formula is C13H14FN3OS2. The summed E-state index contributed by atoms with van der Waals surface area (Å²) < 4.78 is 13.5. The van der Waals surface area contributed by atoms with Crippen LogP contribution in [0.4, 0.5) is 4.39 Å². The van der Waals surface area contributed by atoms with E-state index in [1.807, 2.05) is 6.92 Å². The molecule has 1 heterocycles. The monoisotopic (exact) mass is 311 g/mol. The van der Waals surface area contributed by atoms with Crippen molar-refractivity contribution in [1.29, 1.82) is 0 Å². The van der Waals surface area contributed by atoms with Crippen LogP contribution in [-0.4, -0.2) is 27.9 Å². The van der Waals surface area contributed by atoms with Crippen molar-refractivity contribution < 1.29 is 9.18 Å². The maximum absolute atomic E-state index is 12.7. The Morgan fingerprint density at radius 1 is 1.45 bits per heavy atom. The molecule has 0 aliphatic rings. The maximum atomic E-state index is 12.7. The molecule has 0 bridgehead atoms. The highest BCUT2D eigenvalue weighted by atomic mass is 32.2. The molecule has 20 heavy (non-hydrogen) atoms. The van der Waals surface area contributed by atoms with E-state index >= 15 is 0 Å². The predicted molar refractivity (Wildman–Crippen MR) is 78.3 cm³/mol. The summed E-state index contributed by atoms with van der Waals surface area (Å²) in [6, 6.07) is 6.29. The number of hydrogen-bond donors (Lipinski definition) is 1. The minimum atomic E-state index is -0.250. The second-order valence-electron chi connectivity index (χ2n) is 4.13. The van der Waals surface area contributed by atoms with Gasteiger partial charge in [-0.3, -0.25) is 4.79 Å². The van der Waals surface area contributed by atoms with Crippen molar-refractivity contribution in [1.82, 2.24) is 15.5 Å². The summed E-state index contributed by atoms with van der Waals surface area (Å²) in [5, 5.41) is 10.3. The number of nitrogens with one attached hydrogen (secondary N) is 1. The van der Waals surface area contributed by atoms with Crippen molar-refractivity contribution >= 4 is 29.0 Å². The fourth-order valence-electron chi connectivity index (χ4n) is 1.54. The van der Waals surface area contributed by atoms with Crippen LogP contribution in [0.15, 0.2) is 34.1 Å². The van der Waals surface area contributed by atoms with Crippen molar-refractivity contribution in [2.45, 2.75) is 22.9 Å². The summed E-state index contributed by atoms with van der Waals surface area (Å²) >= 11 is 2.81. The van der Waals surface area contributed by atoms with Gasteiger partial charge in [0.05, 0.1) is 5.25 Å². The minimum absolute atomic E-state index is 0.0349. The summed E-state index contributed by atoms with van der Waals surface area (Å²) in [5.74, 6) is -0.285. The van der Waals surface area contributed by atoms with Gasteiger partial charge in [0.15, 0.2) is 4.34 Å². The molecule has 1 N–H and O–H groups in total. The molecule has 4 nitrogen and oxygen atoms in total. The van der Waals surface area contributed by atoms with Gasteiger partial charge < -0.3 is 5.32 Å². The van der Waals surface area contributed by atoms with E-state index in [4.69, 9.17) is 0 Å². The van der Waals surface area contributed by atoms with E-state index in [9.17, 15) is 9.18 Å². The van der Waals surface area contributed by atoms with E-state index in [0.717, 1.165) is 9.90 Å². The lowest BCUT2D eigenvalue weighted by Gasteiger charge is -2.10. The number of halogens is 1. The van der Waals surface area contributed by atoms with Crippen molar-refractivity contribution in [2.24, 2.45) is 0 Å². The highest BCUT2D eigenvalue weighted by Gasteiger charge is 2.15. The Balaban J connectivity index is 1.73. The molecule has 2 rings (SSSR count). The summed E-state index contributed by atoms with van der Waals surface area (Å²) in [4.78, 5) is 11.9. The average Bonchev–Trinajstić information content (AvgIpc) is 2.93. The molecule has 106 valence electrons. The Bertz CT molecular complexity index is 545. The topological polar surface area (TPSA) is 54.9 Å². The number of carbonyl (C=O) groups excluding carboxylic acids is 1. The van der Waals surface area contributed by atoms with Gasteiger partial charge in [-0.1, -0.05) is 35.2 Å². The third kappa shape index (κ3) is 4.57. The molecule has 7 heteroatoms. The molecule has 1 amide bonds. The lowest BCUT2D eigenvalue weighted by Crippen LogP contribution is -2.32. The molecule has 0 spiro atoms. The van der Waals surface area contributed by atoms with Crippen LogP contribution in [0.25, 0.3) is 0 Å². The van der Waals surface area contributed by atoms with Crippen molar-refractivity contribution in [3.63, 3.8) is 0 Å². The number of hydrogen-bond acceptors (Lipinski definition) is 5. The second-order valence-corrected chi connectivity index (χ2v) is 6.55. The first-order valence-electron chi connectivity index (χ1n) is 6.10. The number of nitrogens with zero attached hydrogens (tertiary/aromatic N) is 2. The largest absolute Gasteiger partial charge is 0.355 e. The standard InChI is InChI=1S/C13H14FN3OS2/c1-9(20-13-17-16-8-19-13)12(18)15-7-6-10-2-4-11(14)5-3-10/h2-5,8-9H,6-7H2,1H3,(H,15,18)/t9-/m1/s1. The van der Waals surface area contributed by atoms with Crippen LogP contribution in [0, 0.1) is 5.82 Å². The third-order valence-electron chi connectivity index (χ3n) is 2.61. The van der Waals surface area contributed by atoms with Crippen LogP contribution >= 0.6 is 23.1 Å². The van der Waals surface area contributed by atoms with Crippen molar-refractivity contribution in [2.75, 3.05) is 6.54 Å². The quantitative estimate of drug-likeness (QED) is 0.833. The SMILES string of the molecule is C[C@@H](Sc1nncs1)C(=O)NCCc1ccc(F)cc1. The summed E-state index contributed by atoms with van der Waals surface area (Å²) in [6.07, 6.45) is 0.683. The Hall–Kier alpha value is -1.47. The number of amides is 1. The number of thioether (sulfide) groups is 1. The number of carbonyl (C=O) groups is 1. The van der Waals surface area contributed by atoms with Crippen molar-refractivity contribution in [3.05, 3.63) is 41.2 Å². The molecule has 0 aliphatic carbocycles. The van der Waals surface area contributed by atoms with Gasteiger partial charge in [0.25, 0.3) is 0 Å². The van der Waals surface area contributed by atoms with Crippen LogP contribution in [0.5, 0.6) is 0 Å². The second kappa shape index (κ2) is 7.35. The summed E-state index contributed by atoms with van der Waals surface area (Å²) in [6.45, 7) is 2.37. The van der Waals surface area contributed by atoms with Crippen LogP contribution in [0.1, 0.15) is 12.5 Å². The normalized spacial score (nSPS) is 12.1. The van der Waals surface area contributed by atoms with Crippen LogP contribution in [0.2, 0.25) is 0 Å². The fraction of sp³-hybridized carbons (Fsp3) is 0.308. The van der Waals surface area contributed by atoms with E-state index in [-0.39, 0.29) is 17.0 Å². The average molecular weight is 311 g/mol. The maximum Gasteiger partial charge on any atom is 0.233 e. The van der Waals surface area contributed by atoms with E-state index in [0.29, 0.717) is 13.0 Å². The van der Waals surface area contributed by atoms with E-state index in [1.165, 1.54) is 35.2 Å². The summed E-state index contributed by atoms with van der Waals surface area (Å²) in [7, 11) is 0. The predicted octanol–water partition coefficient (Wildman–Crippen LogP) is 2.52. The molecule has 0 saturated heterocycles. The van der Waals surface area contributed by atoms with Gasteiger partial charge in [0.2, 0.25) is 5.91 Å². The van der Waals surface area contributed by atoms with Gasteiger partial charge in [-0.15, -0.1) is 10.2 Å². The van der Waals surface area contributed by atoms with Crippen LogP contribution in [0.3, 0.4) is 0 Å². The van der Waals surface area contributed by atoms with Gasteiger partial charge >= 0.3 is 0 Å². The molecule has 0 radical (unpaired) electrons. The lowest BCUT2D eigenvalue weighted by molar-refractivity contribution is -0.120. The van der Waals surface area contributed by atoms with Gasteiger partial charge in [0, 0.05) is 6.54 Å². The van der Waals surface area contributed by atoms with Crippen LogP contribution < -0.4 is 5.32 Å². The zero-order valence-corrected chi connectivity index (χ0v) is 12.5. The molecule has 0 fully saturated rings. The Morgan fingerprint density at radius 3 is 2.85 bits per heavy atom. The minimum Gasteiger partial charge on any atom is -0.355 e. The molecule has 1 atom stereocenters. The first-order valence-corrected chi connectivity index (χ1v) is 7.86. The molecule has 1 aromatic carbocycles. The molecular weight excluding hydrogens is 297 g/mol. The van der Waals surface area contributed by atoms with Gasteiger partial charge in [-0.05, 0) is 31.0 Å². The zero-order chi connectivity index (χ0) is 14.4. The molecule has 0 aliphatic heterocycles. The van der Waals surface area contributed by atoms with Gasteiger partial charge in [0.1, 0.15) is 11.3 Å². The fourth-order valence-corrected chi connectivity index (χ4v) is 3.19. The highest BCUT2D eigenvalue weighted by Crippen LogP contribution is 2.23. The van der Waals surface area contributed by atoms with Gasteiger partial charge in [-0.25, -0.2) is 4.39 Å². The van der Waals surface area contributed by atoms with E-state index < -0.39 is 0 Å².